The maximum Gasteiger partial charge on any atom is 0.224 e. The molecular weight excluding hydrogens is 312 g/mol. The Morgan fingerprint density at radius 3 is 2.83 bits per heavy atom. The second-order valence-corrected chi connectivity index (χ2v) is 5.88. The minimum absolute atomic E-state index is 0. The van der Waals surface area contributed by atoms with Crippen molar-refractivity contribution < 1.29 is 4.79 Å². The normalized spacial score (nSPS) is 16.9. The Kier molecular flexibility index (Phi) is 5.80. The van der Waals surface area contributed by atoms with Gasteiger partial charge in [-0.2, -0.15) is 5.10 Å². The molecular formula is C17H23ClN4O. The van der Waals surface area contributed by atoms with Crippen LogP contribution in [0.15, 0.2) is 30.3 Å². The molecule has 6 heteroatoms. The summed E-state index contributed by atoms with van der Waals surface area (Å²) in [6.07, 6.45) is 0.922. The smallest absolute Gasteiger partial charge is 0.224 e. The van der Waals surface area contributed by atoms with Crippen LogP contribution in [0.2, 0.25) is 0 Å². The first-order valence-corrected chi connectivity index (χ1v) is 7.75. The summed E-state index contributed by atoms with van der Waals surface area (Å²) in [5.74, 6) is 0.231. The summed E-state index contributed by atoms with van der Waals surface area (Å²) in [4.78, 5) is 12.2. The predicted molar refractivity (Wildman–Crippen MR) is 93.1 cm³/mol. The third-order valence-corrected chi connectivity index (χ3v) is 4.11. The maximum atomic E-state index is 12.2. The summed E-state index contributed by atoms with van der Waals surface area (Å²) in [7, 11) is 0. The van der Waals surface area contributed by atoms with Gasteiger partial charge >= 0.3 is 0 Å². The van der Waals surface area contributed by atoms with Crippen LogP contribution in [0.5, 0.6) is 0 Å². The summed E-state index contributed by atoms with van der Waals surface area (Å²) in [6.45, 7) is 6.27. The predicted octanol–water partition coefficient (Wildman–Crippen LogP) is 2.14. The van der Waals surface area contributed by atoms with Gasteiger partial charge in [-0.05, 0) is 44.5 Å². The fraction of sp³-hybridized carbons (Fsp3) is 0.412. The molecule has 0 radical (unpaired) electrons. The summed E-state index contributed by atoms with van der Waals surface area (Å²) in [5.41, 5.74) is 4.19. The van der Waals surface area contributed by atoms with E-state index in [1.54, 1.807) is 0 Å². The molecule has 1 amide bonds. The van der Waals surface area contributed by atoms with E-state index in [0.717, 1.165) is 42.1 Å². The van der Waals surface area contributed by atoms with Gasteiger partial charge in [-0.25, -0.2) is 4.68 Å². The SMILES string of the molecule is Cc1cc(C)n(-c2ccccc2CNC(=O)C2CCNC2)n1.Cl. The van der Waals surface area contributed by atoms with Crippen LogP contribution in [0.3, 0.4) is 0 Å². The molecule has 1 fully saturated rings. The number of rotatable bonds is 4. The lowest BCUT2D eigenvalue weighted by Crippen LogP contribution is -2.31. The molecule has 0 spiro atoms. The van der Waals surface area contributed by atoms with E-state index in [1.807, 2.05) is 42.8 Å². The molecule has 2 N–H and O–H groups in total. The monoisotopic (exact) mass is 334 g/mol. The Hall–Kier alpha value is -1.85. The number of aryl methyl sites for hydroxylation is 2. The number of hydrogen-bond acceptors (Lipinski definition) is 3. The highest BCUT2D eigenvalue weighted by molar-refractivity contribution is 5.85. The first-order chi connectivity index (χ1) is 10.6. The highest BCUT2D eigenvalue weighted by Crippen LogP contribution is 2.17. The van der Waals surface area contributed by atoms with Gasteiger partial charge in [0.2, 0.25) is 5.91 Å². The van der Waals surface area contributed by atoms with Crippen LogP contribution in [0, 0.1) is 19.8 Å². The zero-order valence-electron chi connectivity index (χ0n) is 13.5. The van der Waals surface area contributed by atoms with Gasteiger partial charge in [0.1, 0.15) is 0 Å². The third kappa shape index (κ3) is 3.92. The van der Waals surface area contributed by atoms with Crippen molar-refractivity contribution in [1.82, 2.24) is 20.4 Å². The second kappa shape index (κ2) is 7.62. The van der Waals surface area contributed by atoms with Gasteiger partial charge in [0.15, 0.2) is 0 Å². The maximum absolute atomic E-state index is 12.2. The van der Waals surface area contributed by atoms with Crippen molar-refractivity contribution in [3.63, 3.8) is 0 Å². The molecule has 1 atom stereocenters. The molecule has 1 unspecified atom stereocenters. The minimum Gasteiger partial charge on any atom is -0.352 e. The number of aromatic nitrogens is 2. The molecule has 1 saturated heterocycles. The van der Waals surface area contributed by atoms with E-state index in [-0.39, 0.29) is 24.2 Å². The van der Waals surface area contributed by atoms with Crippen molar-refractivity contribution in [3.8, 4) is 5.69 Å². The Morgan fingerprint density at radius 2 is 2.17 bits per heavy atom. The van der Waals surface area contributed by atoms with Gasteiger partial charge in [-0.1, -0.05) is 18.2 Å². The third-order valence-electron chi connectivity index (χ3n) is 4.11. The van der Waals surface area contributed by atoms with Crippen LogP contribution < -0.4 is 10.6 Å². The number of para-hydroxylation sites is 1. The van der Waals surface area contributed by atoms with Gasteiger partial charge in [-0.3, -0.25) is 4.79 Å². The van der Waals surface area contributed by atoms with Crippen LogP contribution in [0.1, 0.15) is 23.4 Å². The fourth-order valence-corrected chi connectivity index (χ4v) is 2.94. The quantitative estimate of drug-likeness (QED) is 0.900. The van der Waals surface area contributed by atoms with E-state index in [1.165, 1.54) is 0 Å². The lowest BCUT2D eigenvalue weighted by Gasteiger charge is -2.14. The molecule has 0 saturated carbocycles. The lowest BCUT2D eigenvalue weighted by atomic mass is 10.1. The van der Waals surface area contributed by atoms with E-state index in [9.17, 15) is 4.79 Å². The number of amides is 1. The average molecular weight is 335 g/mol. The van der Waals surface area contributed by atoms with Crippen molar-refractivity contribution >= 4 is 18.3 Å². The van der Waals surface area contributed by atoms with Crippen molar-refractivity contribution in [2.45, 2.75) is 26.8 Å². The molecule has 0 aliphatic carbocycles. The molecule has 1 aromatic heterocycles. The number of hydrogen-bond donors (Lipinski definition) is 2. The standard InChI is InChI=1S/C17H22N4O.ClH/c1-12-9-13(2)21(20-12)16-6-4-3-5-14(16)11-19-17(22)15-7-8-18-10-15;/h3-6,9,15,18H,7-8,10-11H2,1-2H3,(H,19,22);1H. The molecule has 124 valence electrons. The number of halogens is 1. The van der Waals surface area contributed by atoms with E-state index in [0.29, 0.717) is 6.54 Å². The van der Waals surface area contributed by atoms with Crippen LogP contribution in [-0.2, 0) is 11.3 Å². The van der Waals surface area contributed by atoms with E-state index in [4.69, 9.17) is 0 Å². The Balaban J connectivity index is 0.00000192. The lowest BCUT2D eigenvalue weighted by molar-refractivity contribution is -0.124. The second-order valence-electron chi connectivity index (χ2n) is 5.88. The van der Waals surface area contributed by atoms with Crippen molar-refractivity contribution in [2.75, 3.05) is 13.1 Å². The number of carbonyl (C=O) groups excluding carboxylic acids is 1. The van der Waals surface area contributed by atoms with Gasteiger partial charge in [0.05, 0.1) is 17.3 Å². The molecule has 0 bridgehead atoms. The molecule has 1 aliphatic rings. The van der Waals surface area contributed by atoms with E-state index < -0.39 is 0 Å². The molecule has 1 aromatic carbocycles. The Labute approximate surface area is 142 Å². The summed E-state index contributed by atoms with van der Waals surface area (Å²) >= 11 is 0. The fourth-order valence-electron chi connectivity index (χ4n) is 2.94. The van der Waals surface area contributed by atoms with Crippen molar-refractivity contribution in [3.05, 3.63) is 47.3 Å². The number of nitrogens with zero attached hydrogens (tertiary/aromatic N) is 2. The zero-order valence-corrected chi connectivity index (χ0v) is 14.3. The summed E-state index contributed by atoms with van der Waals surface area (Å²) in [6, 6.07) is 10.1. The molecule has 3 rings (SSSR count). The summed E-state index contributed by atoms with van der Waals surface area (Å²) in [5, 5.41) is 10.8. The molecule has 2 heterocycles. The molecule has 1 aliphatic heterocycles. The van der Waals surface area contributed by atoms with E-state index in [2.05, 4.69) is 21.8 Å². The Morgan fingerprint density at radius 1 is 1.39 bits per heavy atom. The van der Waals surface area contributed by atoms with Gasteiger partial charge in [0, 0.05) is 18.8 Å². The molecule has 2 aromatic rings. The highest BCUT2D eigenvalue weighted by atomic mass is 35.5. The first kappa shape index (κ1) is 17.5. The first-order valence-electron chi connectivity index (χ1n) is 7.75. The Bertz CT molecular complexity index is 677. The van der Waals surface area contributed by atoms with Crippen molar-refractivity contribution in [2.24, 2.45) is 5.92 Å². The highest BCUT2D eigenvalue weighted by Gasteiger charge is 2.22. The van der Waals surface area contributed by atoms with Crippen LogP contribution in [-0.4, -0.2) is 28.8 Å². The van der Waals surface area contributed by atoms with Crippen LogP contribution in [0.25, 0.3) is 5.69 Å². The molecule has 5 nitrogen and oxygen atoms in total. The van der Waals surface area contributed by atoms with Crippen molar-refractivity contribution in [1.29, 1.82) is 0 Å². The number of nitrogens with one attached hydrogen (secondary N) is 2. The number of carbonyl (C=O) groups is 1. The van der Waals surface area contributed by atoms with E-state index >= 15 is 0 Å². The topological polar surface area (TPSA) is 59.0 Å². The van der Waals surface area contributed by atoms with Gasteiger partial charge < -0.3 is 10.6 Å². The number of benzene rings is 1. The van der Waals surface area contributed by atoms with Gasteiger partial charge in [-0.15, -0.1) is 12.4 Å². The zero-order chi connectivity index (χ0) is 15.5. The average Bonchev–Trinajstić information content (AvgIpc) is 3.15. The van der Waals surface area contributed by atoms with Crippen LogP contribution >= 0.6 is 12.4 Å². The minimum atomic E-state index is 0. The molecule has 23 heavy (non-hydrogen) atoms. The van der Waals surface area contributed by atoms with Crippen LogP contribution in [0.4, 0.5) is 0 Å². The van der Waals surface area contributed by atoms with Gasteiger partial charge in [0.25, 0.3) is 0 Å². The largest absolute Gasteiger partial charge is 0.352 e. The summed E-state index contributed by atoms with van der Waals surface area (Å²) < 4.78 is 1.94.